The number of halogens is 2. The van der Waals surface area contributed by atoms with Crippen molar-refractivity contribution in [3.05, 3.63) is 71.2 Å². The molecule has 156 valence electrons. The SMILES string of the molecule is CCC1c2cc(-c3c(F)cccc3F)nnc2C(C)(c2cc(OC)ccn2)C1(C)C. The molecule has 1 aliphatic carbocycles. The Hall–Kier alpha value is -2.89. The third-order valence-electron chi connectivity index (χ3n) is 6.94. The van der Waals surface area contributed by atoms with Crippen LogP contribution >= 0.6 is 0 Å². The van der Waals surface area contributed by atoms with Gasteiger partial charge in [0.2, 0.25) is 0 Å². The molecule has 1 aliphatic rings. The fraction of sp³-hybridized carbons (Fsp3) is 0.375. The van der Waals surface area contributed by atoms with Crippen molar-refractivity contribution in [3.63, 3.8) is 0 Å². The van der Waals surface area contributed by atoms with Crippen LogP contribution < -0.4 is 4.74 Å². The van der Waals surface area contributed by atoms with Gasteiger partial charge >= 0.3 is 0 Å². The third-order valence-corrected chi connectivity index (χ3v) is 6.94. The van der Waals surface area contributed by atoms with E-state index < -0.39 is 17.0 Å². The first-order valence-corrected chi connectivity index (χ1v) is 10.1. The fourth-order valence-corrected chi connectivity index (χ4v) is 4.96. The smallest absolute Gasteiger partial charge is 0.135 e. The quantitative estimate of drug-likeness (QED) is 0.557. The summed E-state index contributed by atoms with van der Waals surface area (Å²) >= 11 is 0. The van der Waals surface area contributed by atoms with Gasteiger partial charge in [-0.25, -0.2) is 8.78 Å². The summed E-state index contributed by atoms with van der Waals surface area (Å²) in [6.45, 7) is 8.60. The molecule has 0 saturated heterocycles. The predicted octanol–water partition coefficient (Wildman–Crippen LogP) is 5.66. The summed E-state index contributed by atoms with van der Waals surface area (Å²) in [5.41, 5.74) is 1.85. The minimum absolute atomic E-state index is 0.120. The molecule has 0 fully saturated rings. The maximum absolute atomic E-state index is 14.4. The number of ether oxygens (including phenoxy) is 1. The fourth-order valence-electron chi connectivity index (χ4n) is 4.96. The van der Waals surface area contributed by atoms with Crippen molar-refractivity contribution in [2.45, 2.75) is 45.4 Å². The molecule has 2 unspecified atom stereocenters. The zero-order valence-electron chi connectivity index (χ0n) is 17.8. The lowest BCUT2D eigenvalue weighted by Crippen LogP contribution is -2.39. The van der Waals surface area contributed by atoms with Gasteiger partial charge in [0.05, 0.1) is 35.2 Å². The topological polar surface area (TPSA) is 47.9 Å². The van der Waals surface area contributed by atoms with E-state index >= 15 is 0 Å². The van der Waals surface area contributed by atoms with E-state index in [-0.39, 0.29) is 22.6 Å². The van der Waals surface area contributed by atoms with Gasteiger partial charge in [-0.05, 0) is 54.5 Å². The van der Waals surface area contributed by atoms with E-state index in [0.29, 0.717) is 0 Å². The van der Waals surface area contributed by atoms with Gasteiger partial charge in [-0.15, -0.1) is 5.10 Å². The molecular formula is C24H25F2N3O. The summed E-state index contributed by atoms with van der Waals surface area (Å²) in [6, 6.07) is 9.35. The molecule has 4 rings (SSSR count). The van der Waals surface area contributed by atoms with Crippen LogP contribution in [0.1, 0.15) is 57.0 Å². The van der Waals surface area contributed by atoms with Gasteiger partial charge in [0, 0.05) is 12.3 Å². The van der Waals surface area contributed by atoms with Crippen molar-refractivity contribution < 1.29 is 13.5 Å². The van der Waals surface area contributed by atoms with Crippen LogP contribution in [-0.4, -0.2) is 22.3 Å². The van der Waals surface area contributed by atoms with Crippen LogP contribution in [0.2, 0.25) is 0 Å². The molecule has 6 heteroatoms. The number of rotatable bonds is 4. The minimum atomic E-state index is -0.647. The highest BCUT2D eigenvalue weighted by Crippen LogP contribution is 2.61. The van der Waals surface area contributed by atoms with Crippen LogP contribution in [0, 0.1) is 17.0 Å². The van der Waals surface area contributed by atoms with E-state index in [4.69, 9.17) is 4.74 Å². The van der Waals surface area contributed by atoms with E-state index in [2.05, 4.69) is 42.9 Å². The first-order valence-electron chi connectivity index (χ1n) is 10.1. The standard InChI is InChI=1S/C24H25F2N3O/c1-6-16-15-13-19(21-17(25)8-7-9-18(21)26)28-29-22(15)24(4,23(16,2)3)20-12-14(30-5)10-11-27-20/h7-13,16H,6H2,1-5H3. The Morgan fingerprint density at radius 1 is 1.03 bits per heavy atom. The normalized spacial score (nSPS) is 22.0. The van der Waals surface area contributed by atoms with Gasteiger partial charge in [0.1, 0.15) is 17.4 Å². The Bertz CT molecular complexity index is 1100. The second-order valence-electron chi connectivity index (χ2n) is 8.52. The van der Waals surface area contributed by atoms with E-state index in [0.717, 1.165) is 29.1 Å². The summed E-state index contributed by atoms with van der Waals surface area (Å²) in [5, 5.41) is 8.78. The van der Waals surface area contributed by atoms with Gasteiger partial charge in [0.15, 0.2) is 0 Å². The minimum Gasteiger partial charge on any atom is -0.497 e. The maximum atomic E-state index is 14.4. The van der Waals surface area contributed by atoms with Crippen LogP contribution in [0.3, 0.4) is 0 Å². The molecule has 2 aromatic heterocycles. The molecule has 0 radical (unpaired) electrons. The summed E-state index contributed by atoms with van der Waals surface area (Å²) < 4.78 is 34.2. The van der Waals surface area contributed by atoms with Crippen LogP contribution in [-0.2, 0) is 5.41 Å². The number of nitrogens with zero attached hydrogens (tertiary/aromatic N) is 3. The summed E-state index contributed by atoms with van der Waals surface area (Å²) in [7, 11) is 1.62. The van der Waals surface area contributed by atoms with Gasteiger partial charge in [-0.3, -0.25) is 4.98 Å². The molecule has 2 heterocycles. The van der Waals surface area contributed by atoms with Gasteiger partial charge in [0.25, 0.3) is 0 Å². The average molecular weight is 409 g/mol. The number of aromatic nitrogens is 3. The van der Waals surface area contributed by atoms with Gasteiger partial charge < -0.3 is 4.74 Å². The van der Waals surface area contributed by atoms with Gasteiger partial charge in [-0.2, -0.15) is 5.10 Å². The van der Waals surface area contributed by atoms with Gasteiger partial charge in [-0.1, -0.05) is 26.8 Å². The number of pyridine rings is 1. The highest BCUT2D eigenvalue weighted by molar-refractivity contribution is 5.63. The second kappa shape index (κ2) is 7.11. The van der Waals surface area contributed by atoms with Crippen LogP contribution in [0.15, 0.2) is 42.6 Å². The molecule has 30 heavy (non-hydrogen) atoms. The zero-order chi connectivity index (χ0) is 21.7. The van der Waals surface area contributed by atoms with Crippen LogP contribution in [0.25, 0.3) is 11.3 Å². The first kappa shape index (κ1) is 20.4. The molecule has 0 N–H and O–H groups in total. The van der Waals surface area contributed by atoms with E-state index in [1.165, 1.54) is 18.2 Å². The van der Waals surface area contributed by atoms with Crippen LogP contribution in [0.4, 0.5) is 8.78 Å². The number of benzene rings is 1. The summed E-state index contributed by atoms with van der Waals surface area (Å²) in [4.78, 5) is 4.65. The molecule has 3 aromatic rings. The second-order valence-corrected chi connectivity index (χ2v) is 8.52. The van der Waals surface area contributed by atoms with E-state index in [9.17, 15) is 8.78 Å². The maximum Gasteiger partial charge on any atom is 0.135 e. The number of fused-ring (bicyclic) bond motifs is 1. The Morgan fingerprint density at radius 2 is 1.73 bits per heavy atom. The monoisotopic (exact) mass is 409 g/mol. The Balaban J connectivity index is 1.96. The molecule has 0 spiro atoms. The molecule has 0 amide bonds. The van der Waals surface area contributed by atoms with Crippen molar-refractivity contribution in [3.8, 4) is 17.0 Å². The Labute approximate surface area is 175 Å². The summed E-state index contributed by atoms with van der Waals surface area (Å²) in [5.74, 6) is -0.454. The van der Waals surface area contributed by atoms with E-state index in [1.807, 2.05) is 12.1 Å². The molecular weight excluding hydrogens is 384 g/mol. The predicted molar refractivity (Wildman–Crippen MR) is 111 cm³/mol. The number of methoxy groups -OCH3 is 1. The lowest BCUT2D eigenvalue weighted by Gasteiger charge is -2.41. The lowest BCUT2D eigenvalue weighted by molar-refractivity contribution is 0.189. The molecule has 0 saturated carbocycles. The summed E-state index contributed by atoms with van der Waals surface area (Å²) in [6.07, 6.45) is 2.58. The first-order chi connectivity index (χ1) is 14.3. The van der Waals surface area contributed by atoms with Crippen molar-refractivity contribution in [2.75, 3.05) is 7.11 Å². The molecule has 0 bridgehead atoms. The van der Waals surface area contributed by atoms with Crippen molar-refractivity contribution in [1.82, 2.24) is 15.2 Å². The zero-order valence-corrected chi connectivity index (χ0v) is 17.8. The molecule has 1 aromatic carbocycles. The van der Waals surface area contributed by atoms with E-state index in [1.54, 1.807) is 19.4 Å². The molecule has 2 atom stereocenters. The molecule has 4 nitrogen and oxygen atoms in total. The largest absolute Gasteiger partial charge is 0.497 e. The Kier molecular flexibility index (Phi) is 4.83. The lowest BCUT2D eigenvalue weighted by atomic mass is 9.62. The number of hydrogen-bond donors (Lipinski definition) is 0. The highest BCUT2D eigenvalue weighted by Gasteiger charge is 2.57. The number of hydrogen-bond acceptors (Lipinski definition) is 4. The highest BCUT2D eigenvalue weighted by atomic mass is 19.1. The van der Waals surface area contributed by atoms with Crippen molar-refractivity contribution >= 4 is 0 Å². The Morgan fingerprint density at radius 3 is 2.37 bits per heavy atom. The third kappa shape index (κ3) is 2.73. The van der Waals surface area contributed by atoms with Crippen molar-refractivity contribution in [1.29, 1.82) is 0 Å². The average Bonchev–Trinajstić information content (AvgIpc) is 2.90. The van der Waals surface area contributed by atoms with Crippen molar-refractivity contribution in [2.24, 2.45) is 5.41 Å². The molecule has 0 aliphatic heterocycles. The van der Waals surface area contributed by atoms with Crippen LogP contribution in [0.5, 0.6) is 5.75 Å².